The predicted octanol–water partition coefficient (Wildman–Crippen LogP) is 5.37. The van der Waals surface area contributed by atoms with E-state index in [0.717, 1.165) is 24.8 Å². The average molecular weight is 491 g/mol. The van der Waals surface area contributed by atoms with Crippen molar-refractivity contribution in [2.24, 2.45) is 0 Å². The molecule has 2 aromatic carbocycles. The lowest BCUT2D eigenvalue weighted by Crippen LogP contribution is -2.43. The fraction of sp³-hybridized carbons (Fsp3) is 0.448. The molecule has 3 aliphatic rings. The van der Waals surface area contributed by atoms with Gasteiger partial charge in [0.2, 0.25) is 0 Å². The van der Waals surface area contributed by atoms with Crippen LogP contribution in [-0.4, -0.2) is 49.3 Å². The molecule has 2 aromatic rings. The molecule has 36 heavy (non-hydrogen) atoms. The molecule has 1 saturated carbocycles. The minimum Gasteiger partial charge on any atom is -0.443 e. The van der Waals surface area contributed by atoms with Gasteiger partial charge in [0.25, 0.3) is 5.91 Å². The number of likely N-dealkylation sites (tertiary alicyclic amines) is 1. The summed E-state index contributed by atoms with van der Waals surface area (Å²) in [4.78, 5) is 27.6. The number of halogens is 1. The highest BCUT2D eigenvalue weighted by molar-refractivity contribution is 5.97. The first kappa shape index (κ1) is 24.3. The predicted molar refractivity (Wildman–Crippen MR) is 135 cm³/mol. The molecular weight excluding hydrogens is 459 g/mol. The van der Waals surface area contributed by atoms with Gasteiger partial charge in [-0.25, -0.2) is 9.18 Å². The summed E-state index contributed by atoms with van der Waals surface area (Å²) in [5.74, 6) is 2.74. The van der Waals surface area contributed by atoms with Gasteiger partial charge < -0.3 is 14.4 Å². The number of hydrogen-bond acceptors (Lipinski definition) is 4. The van der Waals surface area contributed by atoms with Gasteiger partial charge in [-0.15, -0.1) is 6.42 Å². The van der Waals surface area contributed by atoms with E-state index in [2.05, 4.69) is 11.2 Å². The second-order valence-electron chi connectivity index (χ2n) is 9.92. The third-order valence-electron chi connectivity index (χ3n) is 7.66. The van der Waals surface area contributed by atoms with Crippen LogP contribution in [0.25, 0.3) is 0 Å². The fourth-order valence-electron chi connectivity index (χ4n) is 5.17. The monoisotopic (exact) mass is 490 g/mol. The van der Waals surface area contributed by atoms with Crippen LogP contribution in [0.15, 0.2) is 42.5 Å². The normalized spacial score (nSPS) is 21.3. The number of benzene rings is 2. The minimum absolute atomic E-state index is 0.166. The van der Waals surface area contributed by atoms with Gasteiger partial charge in [-0.2, -0.15) is 0 Å². The van der Waals surface area contributed by atoms with Crippen LogP contribution in [-0.2, 0) is 15.1 Å². The maximum Gasteiger partial charge on any atom is 0.411 e. The number of alkyl halides is 1. The smallest absolute Gasteiger partial charge is 0.411 e. The average Bonchev–Trinajstić information content (AvgIpc) is 3.37. The molecule has 2 heterocycles. The number of rotatable bonds is 5. The molecule has 5 rings (SSSR count). The van der Waals surface area contributed by atoms with Crippen LogP contribution in [0.2, 0.25) is 0 Å². The fourth-order valence-corrected chi connectivity index (χ4v) is 5.17. The van der Waals surface area contributed by atoms with Crippen LogP contribution in [0.1, 0.15) is 71.5 Å². The molecular formula is C29H31FN2O4. The van der Waals surface area contributed by atoms with Gasteiger partial charge in [-0.3, -0.25) is 10.1 Å². The van der Waals surface area contributed by atoms with Crippen LogP contribution >= 0.6 is 0 Å². The zero-order valence-corrected chi connectivity index (χ0v) is 20.3. The standard InChI is InChI=1S/C29H31FN2O4/c1-2-20-6-9-23(10-7-20)29(30)13-15-32(16-14-29)27(33)22-8-11-25(21-4-3-5-21)26(18-22)31-28(34)36-24-12-17-35-19-24/h1,6-11,18,21,24H,3-5,12-17,19H2,(H,31,34)/t24-/m1/s1. The van der Waals surface area contributed by atoms with Gasteiger partial charge in [0, 0.05) is 49.2 Å². The van der Waals surface area contributed by atoms with Gasteiger partial charge in [0.15, 0.2) is 0 Å². The number of nitrogens with zero attached hydrogens (tertiary/aromatic N) is 1. The van der Waals surface area contributed by atoms with Gasteiger partial charge >= 0.3 is 6.09 Å². The summed E-state index contributed by atoms with van der Waals surface area (Å²) < 4.78 is 26.4. The molecule has 1 N–H and O–H groups in total. The maximum absolute atomic E-state index is 15.7. The Kier molecular flexibility index (Phi) is 6.97. The third-order valence-corrected chi connectivity index (χ3v) is 7.66. The highest BCUT2D eigenvalue weighted by Gasteiger charge is 2.38. The molecule has 188 valence electrons. The van der Waals surface area contributed by atoms with E-state index >= 15 is 4.39 Å². The molecule has 0 unspecified atom stereocenters. The lowest BCUT2D eigenvalue weighted by atomic mass is 9.79. The number of nitrogens with one attached hydrogen (secondary N) is 1. The molecule has 7 heteroatoms. The van der Waals surface area contributed by atoms with Crippen LogP contribution in [0.3, 0.4) is 0 Å². The summed E-state index contributed by atoms with van der Waals surface area (Å²) in [5.41, 5.74) is 1.93. The van der Waals surface area contributed by atoms with E-state index in [4.69, 9.17) is 15.9 Å². The molecule has 0 spiro atoms. The van der Waals surface area contributed by atoms with Crippen LogP contribution in [0.5, 0.6) is 0 Å². The number of amides is 2. The Hall–Kier alpha value is -3.37. The number of terminal acetylenes is 1. The molecule has 0 radical (unpaired) electrons. The van der Waals surface area contributed by atoms with Crippen molar-refractivity contribution in [3.8, 4) is 12.3 Å². The van der Waals surface area contributed by atoms with Crippen molar-refractivity contribution in [2.75, 3.05) is 31.6 Å². The van der Waals surface area contributed by atoms with Gasteiger partial charge in [-0.1, -0.05) is 30.5 Å². The van der Waals surface area contributed by atoms with Crippen molar-refractivity contribution < 1.29 is 23.5 Å². The minimum atomic E-state index is -1.49. The lowest BCUT2D eigenvalue weighted by molar-refractivity contribution is 0.0421. The van der Waals surface area contributed by atoms with Gasteiger partial charge in [0.1, 0.15) is 11.8 Å². The largest absolute Gasteiger partial charge is 0.443 e. The van der Waals surface area contributed by atoms with Crippen molar-refractivity contribution in [1.29, 1.82) is 0 Å². The maximum atomic E-state index is 15.7. The van der Waals surface area contributed by atoms with Crippen molar-refractivity contribution in [3.05, 3.63) is 64.7 Å². The summed E-state index contributed by atoms with van der Waals surface area (Å²) in [5, 5.41) is 2.87. The van der Waals surface area contributed by atoms with Crippen molar-refractivity contribution in [2.45, 2.75) is 56.2 Å². The number of ether oxygens (including phenoxy) is 2. The Labute approximate surface area is 211 Å². The van der Waals surface area contributed by atoms with E-state index in [9.17, 15) is 9.59 Å². The van der Waals surface area contributed by atoms with E-state index in [1.165, 1.54) is 0 Å². The van der Waals surface area contributed by atoms with E-state index in [1.807, 2.05) is 12.1 Å². The highest BCUT2D eigenvalue weighted by Crippen LogP contribution is 2.41. The Bertz CT molecular complexity index is 1150. The van der Waals surface area contributed by atoms with Crippen LogP contribution in [0, 0.1) is 12.3 Å². The first-order valence-electron chi connectivity index (χ1n) is 12.7. The molecule has 6 nitrogen and oxygen atoms in total. The molecule has 0 bridgehead atoms. The second kappa shape index (κ2) is 10.3. The Morgan fingerprint density at radius 2 is 1.86 bits per heavy atom. The molecule has 2 amide bonds. The number of carbonyl (C=O) groups excluding carboxylic acids is 2. The number of anilines is 1. The summed E-state index contributed by atoms with van der Waals surface area (Å²) >= 11 is 0. The number of hydrogen-bond donors (Lipinski definition) is 1. The zero-order chi connectivity index (χ0) is 25.1. The third kappa shape index (κ3) is 5.10. The zero-order valence-electron chi connectivity index (χ0n) is 20.3. The molecule has 2 aliphatic heterocycles. The molecule has 2 saturated heterocycles. The lowest BCUT2D eigenvalue weighted by Gasteiger charge is -2.37. The number of carbonyl (C=O) groups is 2. The van der Waals surface area contributed by atoms with Crippen LogP contribution in [0.4, 0.5) is 14.9 Å². The van der Waals surface area contributed by atoms with Crippen molar-refractivity contribution >= 4 is 17.7 Å². The topological polar surface area (TPSA) is 67.9 Å². The summed E-state index contributed by atoms with van der Waals surface area (Å²) in [6, 6.07) is 12.4. The van der Waals surface area contributed by atoms with Gasteiger partial charge in [0.05, 0.1) is 13.2 Å². The van der Waals surface area contributed by atoms with E-state index in [-0.39, 0.29) is 24.9 Å². The Morgan fingerprint density at radius 1 is 1.11 bits per heavy atom. The van der Waals surface area contributed by atoms with E-state index in [0.29, 0.717) is 61.0 Å². The molecule has 1 aliphatic carbocycles. The highest BCUT2D eigenvalue weighted by atomic mass is 19.1. The summed E-state index contributed by atoms with van der Waals surface area (Å²) in [7, 11) is 0. The summed E-state index contributed by atoms with van der Waals surface area (Å²) in [6.07, 6.45) is 9.00. The number of piperidine rings is 1. The SMILES string of the molecule is C#Cc1ccc(C2(F)CCN(C(=O)c3ccc(C4CCC4)c(NC(=O)O[C@@H]4CCOC4)c3)CC2)cc1. The quantitative estimate of drug-likeness (QED) is 0.572. The Morgan fingerprint density at radius 3 is 2.47 bits per heavy atom. The first-order chi connectivity index (χ1) is 17.4. The summed E-state index contributed by atoms with van der Waals surface area (Å²) in [6.45, 7) is 1.61. The van der Waals surface area contributed by atoms with Crippen molar-refractivity contribution in [1.82, 2.24) is 4.90 Å². The second-order valence-corrected chi connectivity index (χ2v) is 9.92. The Balaban J connectivity index is 1.27. The first-order valence-corrected chi connectivity index (χ1v) is 12.7. The van der Waals surface area contributed by atoms with Crippen LogP contribution < -0.4 is 5.32 Å². The van der Waals surface area contributed by atoms with Crippen molar-refractivity contribution in [3.63, 3.8) is 0 Å². The van der Waals surface area contributed by atoms with E-state index in [1.54, 1.807) is 35.2 Å². The molecule has 0 aromatic heterocycles. The molecule has 1 atom stereocenters. The van der Waals surface area contributed by atoms with E-state index < -0.39 is 11.8 Å². The molecule has 3 fully saturated rings. The van der Waals surface area contributed by atoms with Gasteiger partial charge in [-0.05, 0) is 54.2 Å².